The summed E-state index contributed by atoms with van der Waals surface area (Å²) in [6, 6.07) is 10.6. The highest BCUT2D eigenvalue weighted by Crippen LogP contribution is 2.38. The highest BCUT2D eigenvalue weighted by atomic mass is 32.1. The number of hydrogen-bond donors (Lipinski definition) is 0. The Bertz CT molecular complexity index is 892. The minimum Gasteiger partial charge on any atom is -0.330 e. The van der Waals surface area contributed by atoms with E-state index in [1.54, 1.807) is 17.4 Å². The molecule has 1 aromatic heterocycles. The monoisotopic (exact) mass is 410 g/mol. The van der Waals surface area contributed by atoms with E-state index >= 15 is 0 Å². The molecule has 0 saturated heterocycles. The topological polar surface area (TPSA) is 40.6 Å². The lowest BCUT2D eigenvalue weighted by molar-refractivity contribution is -0.140. The molecule has 3 rings (SSSR count). The van der Waals surface area contributed by atoms with Gasteiger partial charge in [-0.05, 0) is 40.0 Å². The molecule has 0 unspecified atom stereocenters. The summed E-state index contributed by atoms with van der Waals surface area (Å²) in [4.78, 5) is 29.9. The van der Waals surface area contributed by atoms with E-state index in [4.69, 9.17) is 0 Å². The molecule has 2 amide bonds. The summed E-state index contributed by atoms with van der Waals surface area (Å²) in [5.41, 5.74) is 3.68. The predicted octanol–water partition coefficient (Wildman–Crippen LogP) is 4.55. The second kappa shape index (κ2) is 8.54. The van der Waals surface area contributed by atoms with E-state index in [9.17, 15) is 9.59 Å². The molecule has 1 aliphatic heterocycles. The van der Waals surface area contributed by atoms with Gasteiger partial charge in [0.25, 0.3) is 0 Å². The molecule has 0 radical (unpaired) electrons. The molecule has 0 aliphatic carbocycles. The first-order chi connectivity index (χ1) is 13.7. The van der Waals surface area contributed by atoms with Crippen LogP contribution in [0, 0.1) is 0 Å². The highest BCUT2D eigenvalue weighted by molar-refractivity contribution is 7.10. The molecule has 0 N–H and O–H groups in total. The predicted molar refractivity (Wildman–Crippen MR) is 119 cm³/mol. The van der Waals surface area contributed by atoms with Gasteiger partial charge in [-0.3, -0.25) is 9.59 Å². The Hall–Kier alpha value is -2.40. The molecule has 2 heterocycles. The number of carbonyl (C=O) groups excluding carboxylic acids is 2. The Morgan fingerprint density at radius 1 is 1.24 bits per heavy atom. The van der Waals surface area contributed by atoms with Crippen molar-refractivity contribution in [2.45, 2.75) is 45.6 Å². The van der Waals surface area contributed by atoms with E-state index in [1.165, 1.54) is 27.8 Å². The van der Waals surface area contributed by atoms with Crippen molar-refractivity contribution in [1.29, 1.82) is 0 Å². The van der Waals surface area contributed by atoms with E-state index in [2.05, 4.69) is 63.1 Å². The minimum atomic E-state index is -0.113. The average Bonchev–Trinajstić information content (AvgIpc) is 3.15. The van der Waals surface area contributed by atoms with Crippen LogP contribution in [0.1, 0.15) is 55.3 Å². The van der Waals surface area contributed by atoms with Crippen LogP contribution in [0.25, 0.3) is 0 Å². The average molecular weight is 411 g/mol. The Balaban J connectivity index is 1.93. The highest BCUT2D eigenvalue weighted by Gasteiger charge is 2.33. The van der Waals surface area contributed by atoms with Gasteiger partial charge in [0.05, 0.1) is 6.04 Å². The maximum atomic E-state index is 13.2. The SMILES string of the molecule is C=CCN(CC(=O)N1CCc2sccc2[C@@H]1c1ccc(C(C)(C)C)cc1)C(C)=O. The van der Waals surface area contributed by atoms with Crippen molar-refractivity contribution in [2.24, 2.45) is 0 Å². The van der Waals surface area contributed by atoms with Gasteiger partial charge < -0.3 is 9.80 Å². The third-order valence-electron chi connectivity index (χ3n) is 5.50. The molecular formula is C24H30N2O2S. The zero-order chi connectivity index (χ0) is 21.2. The van der Waals surface area contributed by atoms with Crippen molar-refractivity contribution in [1.82, 2.24) is 9.80 Å². The standard InChI is InChI=1S/C24H30N2O2S/c1-6-13-25(17(2)27)16-22(28)26-14-11-21-20(12-15-29-21)23(26)18-7-9-19(10-8-18)24(3,4)5/h6-10,12,15,23H,1,11,13-14,16H2,2-5H3/t23-/m0/s1. The van der Waals surface area contributed by atoms with Crippen LogP contribution in [0.15, 0.2) is 48.4 Å². The number of amides is 2. The summed E-state index contributed by atoms with van der Waals surface area (Å²) in [6.45, 7) is 12.9. The summed E-state index contributed by atoms with van der Waals surface area (Å²) in [5, 5.41) is 2.11. The zero-order valence-corrected chi connectivity index (χ0v) is 18.6. The minimum absolute atomic E-state index is 0.0243. The molecule has 2 aromatic rings. The number of thiophene rings is 1. The maximum absolute atomic E-state index is 13.2. The molecule has 0 fully saturated rings. The van der Waals surface area contributed by atoms with Crippen LogP contribution in [0.3, 0.4) is 0 Å². The summed E-state index contributed by atoms with van der Waals surface area (Å²) in [7, 11) is 0. The molecule has 0 saturated carbocycles. The van der Waals surface area contributed by atoms with Crippen molar-refractivity contribution in [3.8, 4) is 0 Å². The first-order valence-corrected chi connectivity index (χ1v) is 10.9. The van der Waals surface area contributed by atoms with Gasteiger partial charge in [0.2, 0.25) is 11.8 Å². The molecular weight excluding hydrogens is 380 g/mol. The molecule has 0 bridgehead atoms. The zero-order valence-electron chi connectivity index (χ0n) is 17.8. The second-order valence-electron chi connectivity index (χ2n) is 8.60. The lowest BCUT2D eigenvalue weighted by Gasteiger charge is -2.37. The molecule has 154 valence electrons. The lowest BCUT2D eigenvalue weighted by atomic mass is 9.85. The van der Waals surface area contributed by atoms with Crippen LogP contribution in [0.2, 0.25) is 0 Å². The molecule has 4 nitrogen and oxygen atoms in total. The Labute approximate surface area is 177 Å². The van der Waals surface area contributed by atoms with Gasteiger partial charge in [0.1, 0.15) is 6.54 Å². The van der Waals surface area contributed by atoms with Gasteiger partial charge in [-0.2, -0.15) is 0 Å². The summed E-state index contributed by atoms with van der Waals surface area (Å²) >= 11 is 1.76. The van der Waals surface area contributed by atoms with Crippen molar-refractivity contribution >= 4 is 23.2 Å². The van der Waals surface area contributed by atoms with Crippen molar-refractivity contribution in [2.75, 3.05) is 19.6 Å². The molecule has 1 atom stereocenters. The number of nitrogens with zero attached hydrogens (tertiary/aromatic N) is 2. The summed E-state index contributed by atoms with van der Waals surface area (Å²) < 4.78 is 0. The van der Waals surface area contributed by atoms with Crippen LogP contribution in [-0.2, 0) is 21.4 Å². The van der Waals surface area contributed by atoms with Gasteiger partial charge >= 0.3 is 0 Å². The number of carbonyl (C=O) groups is 2. The first-order valence-electron chi connectivity index (χ1n) is 10.0. The third kappa shape index (κ3) is 4.61. The fourth-order valence-electron chi connectivity index (χ4n) is 3.82. The molecule has 1 aliphatic rings. The Kier molecular flexibility index (Phi) is 6.27. The second-order valence-corrected chi connectivity index (χ2v) is 9.60. The number of rotatable bonds is 5. The smallest absolute Gasteiger partial charge is 0.243 e. The van der Waals surface area contributed by atoms with Crippen LogP contribution in [0.5, 0.6) is 0 Å². The maximum Gasteiger partial charge on any atom is 0.243 e. The van der Waals surface area contributed by atoms with E-state index in [-0.39, 0.29) is 29.8 Å². The van der Waals surface area contributed by atoms with Crippen molar-refractivity contribution < 1.29 is 9.59 Å². The fourth-order valence-corrected chi connectivity index (χ4v) is 4.73. The number of hydrogen-bond acceptors (Lipinski definition) is 3. The van der Waals surface area contributed by atoms with E-state index in [0.717, 1.165) is 12.0 Å². The number of benzene rings is 1. The summed E-state index contributed by atoms with van der Waals surface area (Å²) in [5.74, 6) is -0.138. The molecule has 5 heteroatoms. The van der Waals surface area contributed by atoms with Gasteiger partial charge in [-0.25, -0.2) is 0 Å². The molecule has 0 spiro atoms. The normalized spacial score (nSPS) is 16.3. The van der Waals surface area contributed by atoms with Crippen LogP contribution in [0.4, 0.5) is 0 Å². The largest absolute Gasteiger partial charge is 0.330 e. The Morgan fingerprint density at radius 3 is 2.52 bits per heavy atom. The van der Waals surface area contributed by atoms with Crippen LogP contribution >= 0.6 is 11.3 Å². The van der Waals surface area contributed by atoms with Gasteiger partial charge in [0, 0.05) is 24.9 Å². The number of fused-ring (bicyclic) bond motifs is 1. The quantitative estimate of drug-likeness (QED) is 0.678. The van der Waals surface area contributed by atoms with E-state index < -0.39 is 0 Å². The Morgan fingerprint density at radius 2 is 1.93 bits per heavy atom. The van der Waals surface area contributed by atoms with Crippen molar-refractivity contribution in [3.05, 3.63) is 69.9 Å². The van der Waals surface area contributed by atoms with Crippen molar-refractivity contribution in [3.63, 3.8) is 0 Å². The summed E-state index contributed by atoms with van der Waals surface area (Å²) in [6.07, 6.45) is 2.52. The van der Waals surface area contributed by atoms with E-state index in [0.29, 0.717) is 13.1 Å². The van der Waals surface area contributed by atoms with Gasteiger partial charge in [-0.1, -0.05) is 51.1 Å². The van der Waals surface area contributed by atoms with Crippen LogP contribution < -0.4 is 0 Å². The fraction of sp³-hybridized carbons (Fsp3) is 0.417. The third-order valence-corrected chi connectivity index (χ3v) is 6.50. The van der Waals surface area contributed by atoms with Gasteiger partial charge in [0.15, 0.2) is 0 Å². The first kappa shape index (κ1) is 21.3. The molecule has 29 heavy (non-hydrogen) atoms. The lowest BCUT2D eigenvalue weighted by Crippen LogP contribution is -2.46. The van der Waals surface area contributed by atoms with Gasteiger partial charge in [-0.15, -0.1) is 17.9 Å². The van der Waals surface area contributed by atoms with E-state index in [1.807, 2.05) is 4.90 Å². The van der Waals surface area contributed by atoms with Crippen LogP contribution in [-0.4, -0.2) is 41.2 Å². The molecule has 1 aromatic carbocycles.